The van der Waals surface area contributed by atoms with Gasteiger partial charge in [0.05, 0.1) is 10.6 Å². The van der Waals surface area contributed by atoms with Gasteiger partial charge in [0.1, 0.15) is 0 Å². The third-order valence-corrected chi connectivity index (χ3v) is 5.19. The van der Waals surface area contributed by atoms with Crippen LogP contribution < -0.4 is 0 Å². The summed E-state index contributed by atoms with van der Waals surface area (Å²) >= 11 is 0. The van der Waals surface area contributed by atoms with Crippen molar-refractivity contribution in [2.45, 2.75) is 63.2 Å². The van der Waals surface area contributed by atoms with E-state index in [2.05, 4.69) is 6.92 Å². The number of rotatable bonds is 10. The zero-order valence-electron chi connectivity index (χ0n) is 12.0. The molecule has 0 N–H and O–H groups in total. The molecule has 0 aromatic heterocycles. The van der Waals surface area contributed by atoms with Crippen LogP contribution in [0.4, 0.5) is 0 Å². The fraction of sp³-hybridized carbons (Fsp3) is 0.625. The van der Waals surface area contributed by atoms with Crippen LogP contribution in [0.2, 0.25) is 0 Å². The molecule has 3 heteroatoms. The predicted octanol–water partition coefficient (Wildman–Crippen LogP) is 4.60. The molecule has 1 aromatic rings. The van der Waals surface area contributed by atoms with Gasteiger partial charge in [-0.05, 0) is 18.6 Å². The van der Waals surface area contributed by atoms with Crippen LogP contribution in [0.25, 0.3) is 0 Å². The molecule has 0 heterocycles. The van der Waals surface area contributed by atoms with Gasteiger partial charge in [-0.25, -0.2) is 8.42 Å². The van der Waals surface area contributed by atoms with E-state index in [0.29, 0.717) is 4.90 Å². The van der Waals surface area contributed by atoms with Crippen LogP contribution in [-0.2, 0) is 9.84 Å². The number of unbranched alkanes of at least 4 members (excludes halogenated alkanes) is 7. The fourth-order valence-corrected chi connectivity index (χ4v) is 3.56. The summed E-state index contributed by atoms with van der Waals surface area (Å²) < 4.78 is 24.0. The first-order valence-corrected chi connectivity index (χ1v) is 9.10. The minimum atomic E-state index is -3.06. The van der Waals surface area contributed by atoms with E-state index in [1.54, 1.807) is 24.3 Å². The maximum atomic E-state index is 12.0. The smallest absolute Gasteiger partial charge is 0.178 e. The monoisotopic (exact) mass is 282 g/mol. The van der Waals surface area contributed by atoms with Crippen molar-refractivity contribution >= 4 is 9.84 Å². The summed E-state index contributed by atoms with van der Waals surface area (Å²) in [5.74, 6) is 0.284. The Morgan fingerprint density at radius 1 is 0.789 bits per heavy atom. The van der Waals surface area contributed by atoms with E-state index in [9.17, 15) is 8.42 Å². The average molecular weight is 282 g/mol. The molecule has 0 radical (unpaired) electrons. The topological polar surface area (TPSA) is 34.1 Å². The SMILES string of the molecule is CCCCCCCCCCS(=O)(=O)c1ccccc1. The molecular formula is C16H26O2S. The van der Waals surface area contributed by atoms with Gasteiger partial charge in [-0.15, -0.1) is 0 Å². The standard InChI is InChI=1S/C16H26O2S/c1-2-3-4-5-6-7-8-12-15-19(17,18)16-13-10-9-11-14-16/h9-11,13-14H,2-8,12,15H2,1H3. The van der Waals surface area contributed by atoms with E-state index in [-0.39, 0.29) is 5.75 Å². The Morgan fingerprint density at radius 3 is 1.89 bits per heavy atom. The fourth-order valence-electron chi connectivity index (χ4n) is 2.17. The van der Waals surface area contributed by atoms with Crippen molar-refractivity contribution in [1.82, 2.24) is 0 Å². The zero-order valence-corrected chi connectivity index (χ0v) is 12.8. The summed E-state index contributed by atoms with van der Waals surface area (Å²) in [6, 6.07) is 8.76. The third kappa shape index (κ3) is 6.76. The van der Waals surface area contributed by atoms with Gasteiger partial charge in [-0.3, -0.25) is 0 Å². The molecule has 0 atom stereocenters. The molecule has 1 rings (SSSR count). The second kappa shape index (κ2) is 9.13. The molecule has 2 nitrogen and oxygen atoms in total. The highest BCUT2D eigenvalue weighted by atomic mass is 32.2. The Balaban J connectivity index is 2.15. The Labute approximate surface area is 118 Å². The van der Waals surface area contributed by atoms with Crippen molar-refractivity contribution in [3.63, 3.8) is 0 Å². The lowest BCUT2D eigenvalue weighted by Gasteiger charge is -2.04. The number of sulfone groups is 1. The van der Waals surface area contributed by atoms with E-state index >= 15 is 0 Å². The Hall–Kier alpha value is -0.830. The van der Waals surface area contributed by atoms with Crippen molar-refractivity contribution in [2.75, 3.05) is 5.75 Å². The molecule has 0 aliphatic carbocycles. The van der Waals surface area contributed by atoms with Crippen molar-refractivity contribution in [2.24, 2.45) is 0 Å². The number of hydrogen-bond donors (Lipinski definition) is 0. The highest BCUT2D eigenvalue weighted by molar-refractivity contribution is 7.91. The molecule has 0 bridgehead atoms. The minimum Gasteiger partial charge on any atom is -0.224 e. The molecule has 0 fully saturated rings. The van der Waals surface area contributed by atoms with E-state index in [0.717, 1.165) is 19.3 Å². The van der Waals surface area contributed by atoms with Gasteiger partial charge < -0.3 is 0 Å². The van der Waals surface area contributed by atoms with Crippen molar-refractivity contribution < 1.29 is 8.42 Å². The molecule has 0 aliphatic heterocycles. The molecular weight excluding hydrogens is 256 g/mol. The molecule has 0 saturated carbocycles. The summed E-state index contributed by atoms with van der Waals surface area (Å²) in [4.78, 5) is 0.456. The largest absolute Gasteiger partial charge is 0.224 e. The molecule has 0 amide bonds. The zero-order chi connectivity index (χ0) is 14.0. The molecule has 1 aromatic carbocycles. The van der Waals surface area contributed by atoms with E-state index in [1.165, 1.54) is 32.1 Å². The van der Waals surface area contributed by atoms with Crippen LogP contribution in [0.15, 0.2) is 35.2 Å². The van der Waals surface area contributed by atoms with Crippen molar-refractivity contribution in [3.8, 4) is 0 Å². The second-order valence-corrected chi connectivity index (χ2v) is 7.22. The lowest BCUT2D eigenvalue weighted by atomic mass is 10.1. The summed E-state index contributed by atoms with van der Waals surface area (Å²) in [5, 5.41) is 0. The van der Waals surface area contributed by atoms with Gasteiger partial charge in [0, 0.05) is 0 Å². The molecule has 0 unspecified atom stereocenters. The Kier molecular flexibility index (Phi) is 7.80. The first kappa shape index (κ1) is 16.2. The van der Waals surface area contributed by atoms with Gasteiger partial charge in [0.25, 0.3) is 0 Å². The lowest BCUT2D eigenvalue weighted by Crippen LogP contribution is -2.06. The van der Waals surface area contributed by atoms with Crippen LogP contribution in [0.5, 0.6) is 0 Å². The highest BCUT2D eigenvalue weighted by Gasteiger charge is 2.12. The van der Waals surface area contributed by atoms with Crippen LogP contribution in [0, 0.1) is 0 Å². The van der Waals surface area contributed by atoms with Gasteiger partial charge in [-0.2, -0.15) is 0 Å². The van der Waals surface area contributed by atoms with E-state index < -0.39 is 9.84 Å². The summed E-state index contributed by atoms with van der Waals surface area (Å²) in [7, 11) is -3.06. The summed E-state index contributed by atoms with van der Waals surface area (Å²) in [5.41, 5.74) is 0. The van der Waals surface area contributed by atoms with Crippen molar-refractivity contribution in [3.05, 3.63) is 30.3 Å². The van der Waals surface area contributed by atoms with Gasteiger partial charge in [0.2, 0.25) is 0 Å². The Bertz CT molecular complexity index is 423. The van der Waals surface area contributed by atoms with Gasteiger partial charge in [0.15, 0.2) is 9.84 Å². The third-order valence-electron chi connectivity index (χ3n) is 3.37. The minimum absolute atomic E-state index is 0.284. The first-order chi connectivity index (χ1) is 9.17. The molecule has 0 aliphatic rings. The maximum absolute atomic E-state index is 12.0. The van der Waals surface area contributed by atoms with Crippen LogP contribution in [0.3, 0.4) is 0 Å². The number of hydrogen-bond acceptors (Lipinski definition) is 2. The first-order valence-electron chi connectivity index (χ1n) is 7.44. The van der Waals surface area contributed by atoms with E-state index in [1.807, 2.05) is 6.07 Å². The lowest BCUT2D eigenvalue weighted by molar-refractivity contribution is 0.572. The average Bonchev–Trinajstić information content (AvgIpc) is 2.43. The molecule has 19 heavy (non-hydrogen) atoms. The maximum Gasteiger partial charge on any atom is 0.178 e. The normalized spacial score (nSPS) is 11.6. The highest BCUT2D eigenvalue weighted by Crippen LogP contribution is 2.14. The summed E-state index contributed by atoms with van der Waals surface area (Å²) in [6.45, 7) is 2.22. The second-order valence-electron chi connectivity index (χ2n) is 5.11. The molecule has 108 valence electrons. The molecule has 0 saturated heterocycles. The van der Waals surface area contributed by atoms with Gasteiger partial charge in [-0.1, -0.05) is 70.1 Å². The van der Waals surface area contributed by atoms with Crippen LogP contribution in [-0.4, -0.2) is 14.2 Å². The number of benzene rings is 1. The van der Waals surface area contributed by atoms with Crippen molar-refractivity contribution in [1.29, 1.82) is 0 Å². The quantitative estimate of drug-likeness (QED) is 0.588. The van der Waals surface area contributed by atoms with Crippen LogP contribution in [0.1, 0.15) is 58.3 Å². The molecule has 0 spiro atoms. The van der Waals surface area contributed by atoms with Gasteiger partial charge >= 0.3 is 0 Å². The predicted molar refractivity (Wildman–Crippen MR) is 81.1 cm³/mol. The van der Waals surface area contributed by atoms with Crippen LogP contribution >= 0.6 is 0 Å². The summed E-state index contributed by atoms with van der Waals surface area (Å²) in [6.07, 6.45) is 9.42. The van der Waals surface area contributed by atoms with E-state index in [4.69, 9.17) is 0 Å². The Morgan fingerprint density at radius 2 is 1.32 bits per heavy atom.